The number of allylic oxidation sites excluding steroid dienone is 5. The zero-order valence-corrected chi connectivity index (χ0v) is 39.9. The van der Waals surface area contributed by atoms with Gasteiger partial charge in [0.25, 0.3) is 0 Å². The van der Waals surface area contributed by atoms with Crippen molar-refractivity contribution in [1.29, 1.82) is 0 Å². The van der Waals surface area contributed by atoms with E-state index in [1.807, 2.05) is 24.9 Å². The monoisotopic (exact) mass is 1060 g/mol. The summed E-state index contributed by atoms with van der Waals surface area (Å²) in [6, 6.07) is 46.6. The van der Waals surface area contributed by atoms with E-state index in [-0.39, 0.29) is 0 Å². The average molecular weight is 1060 g/mol. The van der Waals surface area contributed by atoms with Gasteiger partial charge >= 0.3 is 332 Å². The van der Waals surface area contributed by atoms with Crippen LogP contribution >= 0.6 is 53.4 Å². The van der Waals surface area contributed by atoms with E-state index in [2.05, 4.69) is 163 Å². The van der Waals surface area contributed by atoms with E-state index in [1.165, 1.54) is 60.7 Å². The first-order valence-corrected chi connectivity index (χ1v) is 26.1. The smallest absolute Gasteiger partial charge is 0.136 e. The summed E-state index contributed by atoms with van der Waals surface area (Å²) in [7, 11) is -2.52. The van der Waals surface area contributed by atoms with Crippen LogP contribution in [0.4, 0.5) is 0 Å². The molecule has 0 aliphatic carbocycles. The number of fused-ring (bicyclic) bond motifs is 5. The molecule has 1 saturated heterocycles. The number of hydrogen-bond donors (Lipinski definition) is 0. The number of hydrogen-bond acceptors (Lipinski definition) is 9. The van der Waals surface area contributed by atoms with Gasteiger partial charge in [0.1, 0.15) is 0 Å². The molecule has 9 aromatic rings. The van der Waals surface area contributed by atoms with Gasteiger partial charge in [-0.05, 0) is 25.1 Å². The molecule has 0 spiro atoms. The van der Waals surface area contributed by atoms with Crippen molar-refractivity contribution in [2.24, 2.45) is 0 Å². The van der Waals surface area contributed by atoms with Crippen molar-refractivity contribution < 1.29 is 22.7 Å². The Morgan fingerprint density at radius 1 is 0.672 bits per heavy atom. The molecule has 5 heterocycles. The van der Waals surface area contributed by atoms with E-state index in [0.717, 1.165) is 70.6 Å². The fraction of sp³-hybridized carbons (Fsp3) is 0.100. The van der Waals surface area contributed by atoms with Gasteiger partial charge in [-0.1, -0.05) is 6.08 Å². The van der Waals surface area contributed by atoms with Crippen molar-refractivity contribution in [1.82, 2.24) is 17.5 Å². The Hall–Kier alpha value is -4.83. The fourth-order valence-electron chi connectivity index (χ4n) is 8.35. The first kappa shape index (κ1) is 40.3. The summed E-state index contributed by atoms with van der Waals surface area (Å²) in [4.78, 5) is 4.65. The molecule has 0 N–H and O–H groups in total. The maximum Gasteiger partial charge on any atom is -0.136 e. The van der Waals surface area contributed by atoms with Crippen molar-refractivity contribution in [3.63, 3.8) is 0 Å². The molecule has 5 nitrogen and oxygen atoms in total. The second kappa shape index (κ2) is 17.5. The molecule has 0 saturated carbocycles. The Morgan fingerprint density at radius 2 is 1.20 bits per heavy atom. The van der Waals surface area contributed by atoms with Crippen LogP contribution in [0.2, 0.25) is 0 Å². The molecule has 5 aromatic carbocycles. The number of benzene rings is 5. The van der Waals surface area contributed by atoms with Gasteiger partial charge in [-0.25, -0.2) is 0 Å². The van der Waals surface area contributed by atoms with Crippen molar-refractivity contribution >= 4 is 114 Å². The summed E-state index contributed by atoms with van der Waals surface area (Å²) in [5.41, 5.74) is 9.36. The number of ether oxygens (including phenoxy) is 1. The molecule has 1 aliphatic heterocycles. The predicted octanol–water partition coefficient (Wildman–Crippen LogP) is 12.8. The molecule has 0 bridgehead atoms. The van der Waals surface area contributed by atoms with Gasteiger partial charge < -0.3 is 0 Å². The SMILES string of the molecule is C/C=C/c1ccc(-c2cc3c(cc(-c4ccc(C(C=C5COCC5=CCC)=C([C]#[Os])[P+](c5ccccc5)(c5ccccc5)c5ccccc5)s4)c4nsnc43)c3nsnc23)s1. The molecular formula is C50H37N4OOsPS4+. The molecule has 299 valence electrons. The van der Waals surface area contributed by atoms with Crippen LogP contribution in [0, 0.1) is 4.37 Å². The van der Waals surface area contributed by atoms with Crippen LogP contribution in [0.15, 0.2) is 162 Å². The first-order valence-electron chi connectivity index (χ1n) is 19.9. The molecule has 0 amide bonds. The minimum Gasteiger partial charge on any atom is -0.136 e. The normalized spacial score (nSPS) is 15.2. The van der Waals surface area contributed by atoms with Gasteiger partial charge in [-0.2, -0.15) is 0 Å². The van der Waals surface area contributed by atoms with Crippen molar-refractivity contribution in [2.45, 2.75) is 20.3 Å². The zero-order chi connectivity index (χ0) is 41.3. The van der Waals surface area contributed by atoms with Gasteiger partial charge in [0, 0.05) is 9.75 Å². The molecule has 11 heteroatoms. The molecule has 0 radical (unpaired) electrons. The van der Waals surface area contributed by atoms with Crippen molar-refractivity contribution in [3.8, 4) is 25.3 Å². The van der Waals surface area contributed by atoms with Crippen LogP contribution in [0.5, 0.6) is 0 Å². The summed E-state index contributed by atoms with van der Waals surface area (Å²) in [6.45, 7) is 5.43. The van der Waals surface area contributed by atoms with Crippen LogP contribution in [0.3, 0.4) is 0 Å². The zero-order valence-electron chi connectivity index (χ0n) is 33.2. The van der Waals surface area contributed by atoms with Crippen LogP contribution in [0.1, 0.15) is 30.0 Å². The van der Waals surface area contributed by atoms with Crippen LogP contribution in [-0.4, -0.2) is 30.7 Å². The Bertz CT molecular complexity index is 3150. The Labute approximate surface area is 381 Å². The summed E-state index contributed by atoms with van der Waals surface area (Å²) < 4.78 is 29.7. The second-order valence-electron chi connectivity index (χ2n) is 14.6. The molecule has 10 rings (SSSR count). The van der Waals surface area contributed by atoms with E-state index in [9.17, 15) is 0 Å². The Morgan fingerprint density at radius 3 is 1.74 bits per heavy atom. The summed E-state index contributed by atoms with van der Waals surface area (Å²) >= 11 is 7.90. The van der Waals surface area contributed by atoms with Crippen molar-refractivity contribution in [3.05, 3.63) is 172 Å². The van der Waals surface area contributed by atoms with Gasteiger partial charge in [-0.15, -0.1) is 11.3 Å². The predicted molar refractivity (Wildman–Crippen MR) is 260 cm³/mol. The largest absolute Gasteiger partial charge is 0.136 e. The van der Waals surface area contributed by atoms with E-state index in [0.29, 0.717) is 13.2 Å². The summed E-state index contributed by atoms with van der Waals surface area (Å²) in [6.07, 6.45) is 9.88. The van der Waals surface area contributed by atoms with Gasteiger partial charge in [-0.3, -0.25) is 0 Å². The van der Waals surface area contributed by atoms with E-state index < -0.39 is 7.26 Å². The standard InChI is InChI=1S/C50H37N4OPS4.Os/c1-4-15-33-30-55-31-34(33)27-39(32(3)56(35-17-9-6-10-18-35,36-19-11-7-12-20-36)37-21-13-8-14-22-37)44-25-26-46(58-44)43-29-41-40(48-50(43)54-60-52-48)28-42(49-47(41)51-59-53-49)45-24-23-38(57-45)16-5-2;/h5-29H,4,30-31H2,1-2H3;/q+1;/b16-5+,33-15?,34-27?,39-32?;. The number of nitrogens with zero attached hydrogens (tertiary/aromatic N) is 4. The topological polar surface area (TPSA) is 60.8 Å². The summed E-state index contributed by atoms with van der Waals surface area (Å²) in [5.74, 6) is 0. The molecule has 61 heavy (non-hydrogen) atoms. The number of aromatic nitrogens is 4. The van der Waals surface area contributed by atoms with Gasteiger partial charge in [0.2, 0.25) is 0 Å². The molecule has 1 aliphatic rings. The molecular weight excluding hydrogens is 1020 g/mol. The summed E-state index contributed by atoms with van der Waals surface area (Å²) in [5, 5.41) is 7.14. The third kappa shape index (κ3) is 7.20. The quantitative estimate of drug-likeness (QED) is 0.128. The van der Waals surface area contributed by atoms with Crippen LogP contribution < -0.4 is 15.9 Å². The van der Waals surface area contributed by atoms with Gasteiger partial charge in [0.05, 0.1) is 0 Å². The average Bonchev–Trinajstić information content (AvgIpc) is 4.17. The Kier molecular flexibility index (Phi) is 11.5. The minimum atomic E-state index is -2.52. The number of thiophene rings is 2. The molecule has 4 aromatic heterocycles. The van der Waals surface area contributed by atoms with Crippen LogP contribution in [0.25, 0.3) is 65.4 Å². The molecule has 0 unspecified atom stereocenters. The van der Waals surface area contributed by atoms with Crippen molar-refractivity contribution in [2.75, 3.05) is 13.2 Å². The van der Waals surface area contributed by atoms with E-state index >= 15 is 0 Å². The molecule has 1 fully saturated rings. The fourth-order valence-corrected chi connectivity index (χ4v) is 17.4. The first-order chi connectivity index (χ1) is 30.1. The van der Waals surface area contributed by atoms with E-state index in [4.69, 9.17) is 22.2 Å². The third-order valence-corrected chi connectivity index (χ3v) is 19.7. The molecule has 0 atom stereocenters. The maximum atomic E-state index is 6.15. The third-order valence-electron chi connectivity index (χ3n) is 11.0. The van der Waals surface area contributed by atoms with E-state index in [1.54, 1.807) is 22.7 Å². The number of rotatable bonds is 10. The maximum absolute atomic E-state index is 6.15. The second-order valence-corrected chi connectivity index (χ2v) is 21.8. The Balaban J connectivity index is 1.23. The van der Waals surface area contributed by atoms with Gasteiger partial charge in [0.15, 0.2) is 0 Å². The minimum absolute atomic E-state index is 0.567. The van der Waals surface area contributed by atoms with Crippen LogP contribution in [-0.2, 0) is 22.7 Å².